The molecule has 1 N–H and O–H groups in total. The van der Waals surface area contributed by atoms with Crippen molar-refractivity contribution in [1.29, 1.82) is 0 Å². The number of nitrogens with one attached hydrogen (secondary N) is 1. The molecular formula is C15H28N2O4. The Balaban J connectivity index is 2.19. The van der Waals surface area contributed by atoms with E-state index in [-0.39, 0.29) is 30.9 Å². The Morgan fingerprint density at radius 3 is 2.48 bits per heavy atom. The lowest BCUT2D eigenvalue weighted by Gasteiger charge is -2.23. The fourth-order valence-electron chi connectivity index (χ4n) is 2.27. The molecule has 21 heavy (non-hydrogen) atoms. The van der Waals surface area contributed by atoms with Crippen molar-refractivity contribution in [1.82, 2.24) is 10.4 Å². The van der Waals surface area contributed by atoms with Gasteiger partial charge in [0.05, 0.1) is 0 Å². The molecule has 0 aliphatic carbocycles. The molecule has 0 saturated carbocycles. The number of hydrogen-bond acceptors (Lipinski definition) is 4. The van der Waals surface area contributed by atoms with Gasteiger partial charge in [0.15, 0.2) is 6.29 Å². The number of hydrogen-bond donors (Lipinski definition) is 1. The minimum absolute atomic E-state index is 0.0303. The van der Waals surface area contributed by atoms with Crippen LogP contribution in [0.15, 0.2) is 0 Å². The summed E-state index contributed by atoms with van der Waals surface area (Å²) in [5.41, 5.74) is 2.38. The van der Waals surface area contributed by atoms with Gasteiger partial charge in [0.1, 0.15) is 0 Å². The first-order chi connectivity index (χ1) is 10.2. The van der Waals surface area contributed by atoms with Crippen LogP contribution in [0.5, 0.6) is 0 Å². The molecule has 6 nitrogen and oxygen atoms in total. The Bertz CT molecular complexity index is 311. The average Bonchev–Trinajstić information content (AvgIpc) is 2.51. The molecule has 1 aliphatic rings. The van der Waals surface area contributed by atoms with Gasteiger partial charge in [-0.15, -0.1) is 0 Å². The van der Waals surface area contributed by atoms with Crippen molar-refractivity contribution in [2.45, 2.75) is 65.1 Å². The van der Waals surface area contributed by atoms with Crippen molar-refractivity contribution in [3.63, 3.8) is 0 Å². The predicted octanol–water partition coefficient (Wildman–Crippen LogP) is 1.99. The molecule has 0 bridgehead atoms. The zero-order chi connectivity index (χ0) is 15.5. The Hall–Kier alpha value is -1.14. The third-order valence-electron chi connectivity index (χ3n) is 3.35. The summed E-state index contributed by atoms with van der Waals surface area (Å²) in [5, 5.41) is 0. The largest absolute Gasteiger partial charge is 0.350 e. The number of carbonyl (C=O) groups is 2. The smallest absolute Gasteiger partial charge is 0.244 e. The lowest BCUT2D eigenvalue weighted by molar-refractivity contribution is -0.200. The lowest BCUT2D eigenvalue weighted by atomic mass is 10.2. The van der Waals surface area contributed by atoms with E-state index in [9.17, 15) is 9.59 Å². The third kappa shape index (κ3) is 7.43. The van der Waals surface area contributed by atoms with E-state index >= 15 is 0 Å². The van der Waals surface area contributed by atoms with Gasteiger partial charge in [0.25, 0.3) is 0 Å². The van der Waals surface area contributed by atoms with Crippen LogP contribution in [0.3, 0.4) is 0 Å². The molecule has 0 aromatic rings. The summed E-state index contributed by atoms with van der Waals surface area (Å²) in [6.45, 7) is 6.25. The molecule has 0 spiro atoms. The van der Waals surface area contributed by atoms with Gasteiger partial charge in [-0.1, -0.05) is 13.8 Å². The van der Waals surface area contributed by atoms with E-state index < -0.39 is 0 Å². The molecule has 1 rings (SSSR count). The van der Waals surface area contributed by atoms with Crippen LogP contribution in [0.4, 0.5) is 0 Å². The van der Waals surface area contributed by atoms with E-state index in [0.717, 1.165) is 45.2 Å². The summed E-state index contributed by atoms with van der Waals surface area (Å²) in [6, 6.07) is 0. The fraction of sp³-hybridized carbons (Fsp3) is 0.867. The Morgan fingerprint density at radius 1 is 1.19 bits per heavy atom. The summed E-state index contributed by atoms with van der Waals surface area (Å²) in [4.78, 5) is 30.7. The molecule has 0 aromatic heterocycles. The maximum absolute atomic E-state index is 12.0. The SMILES string of the molecule is CCCN(CCC)C(=O)CCC(=O)NOC1CCCCO1. The topological polar surface area (TPSA) is 67.9 Å². The molecule has 1 aliphatic heterocycles. The maximum atomic E-state index is 12.0. The van der Waals surface area contributed by atoms with Gasteiger partial charge in [0.2, 0.25) is 11.8 Å². The van der Waals surface area contributed by atoms with Crippen LogP contribution in [-0.2, 0) is 19.2 Å². The van der Waals surface area contributed by atoms with Crippen LogP contribution >= 0.6 is 0 Å². The van der Waals surface area contributed by atoms with Crippen molar-refractivity contribution in [2.24, 2.45) is 0 Å². The standard InChI is InChI=1S/C15H28N2O4/c1-3-10-17(11-4-2)14(19)9-8-13(18)16-21-15-7-5-6-12-20-15/h15H,3-12H2,1-2H3,(H,16,18). The second-order valence-corrected chi connectivity index (χ2v) is 5.32. The van der Waals surface area contributed by atoms with E-state index in [2.05, 4.69) is 5.48 Å². The quantitative estimate of drug-likeness (QED) is 0.661. The molecular weight excluding hydrogens is 272 g/mol. The summed E-state index contributed by atoms with van der Waals surface area (Å²) in [7, 11) is 0. The predicted molar refractivity (Wildman–Crippen MR) is 79.2 cm³/mol. The molecule has 1 saturated heterocycles. The van der Waals surface area contributed by atoms with Crippen LogP contribution in [0.1, 0.15) is 58.8 Å². The normalized spacial score (nSPS) is 18.3. The van der Waals surface area contributed by atoms with E-state index in [1.807, 2.05) is 18.7 Å². The highest BCUT2D eigenvalue weighted by Crippen LogP contribution is 2.12. The first-order valence-corrected chi connectivity index (χ1v) is 8.01. The molecule has 1 atom stereocenters. The number of rotatable bonds is 9. The Labute approximate surface area is 127 Å². The monoisotopic (exact) mass is 300 g/mol. The molecule has 0 radical (unpaired) electrons. The van der Waals surface area contributed by atoms with Crippen molar-refractivity contribution in [3.05, 3.63) is 0 Å². The summed E-state index contributed by atoms with van der Waals surface area (Å²) in [6.07, 6.45) is 4.75. The number of carbonyl (C=O) groups excluding carboxylic acids is 2. The number of nitrogens with zero attached hydrogens (tertiary/aromatic N) is 1. The highest BCUT2D eigenvalue weighted by Gasteiger charge is 2.17. The zero-order valence-corrected chi connectivity index (χ0v) is 13.2. The lowest BCUT2D eigenvalue weighted by Crippen LogP contribution is -2.35. The fourth-order valence-corrected chi connectivity index (χ4v) is 2.27. The van der Waals surface area contributed by atoms with E-state index in [1.165, 1.54) is 0 Å². The summed E-state index contributed by atoms with van der Waals surface area (Å²) < 4.78 is 5.34. The van der Waals surface area contributed by atoms with Gasteiger partial charge in [-0.2, -0.15) is 0 Å². The van der Waals surface area contributed by atoms with Gasteiger partial charge >= 0.3 is 0 Å². The van der Waals surface area contributed by atoms with Gasteiger partial charge < -0.3 is 9.64 Å². The van der Waals surface area contributed by atoms with E-state index in [1.54, 1.807) is 0 Å². The third-order valence-corrected chi connectivity index (χ3v) is 3.35. The van der Waals surface area contributed by atoms with Crippen molar-refractivity contribution in [3.8, 4) is 0 Å². The second-order valence-electron chi connectivity index (χ2n) is 5.32. The van der Waals surface area contributed by atoms with Crippen LogP contribution < -0.4 is 5.48 Å². The van der Waals surface area contributed by atoms with Gasteiger partial charge in [-0.3, -0.25) is 9.59 Å². The van der Waals surface area contributed by atoms with Crippen LogP contribution in [0.25, 0.3) is 0 Å². The number of amides is 2. The van der Waals surface area contributed by atoms with Crippen molar-refractivity contribution in [2.75, 3.05) is 19.7 Å². The summed E-state index contributed by atoms with van der Waals surface area (Å²) in [5.74, 6) is -0.242. The van der Waals surface area contributed by atoms with Crippen LogP contribution in [-0.4, -0.2) is 42.7 Å². The van der Waals surface area contributed by atoms with Crippen LogP contribution in [0.2, 0.25) is 0 Å². The highest BCUT2D eigenvalue weighted by molar-refractivity contribution is 5.83. The maximum Gasteiger partial charge on any atom is 0.244 e. The van der Waals surface area contributed by atoms with Crippen LogP contribution in [0, 0.1) is 0 Å². The molecule has 122 valence electrons. The minimum atomic E-state index is -0.352. The Kier molecular flexibility index (Phi) is 9.01. The zero-order valence-electron chi connectivity index (χ0n) is 13.2. The van der Waals surface area contributed by atoms with E-state index in [4.69, 9.17) is 9.57 Å². The minimum Gasteiger partial charge on any atom is -0.350 e. The molecule has 6 heteroatoms. The van der Waals surface area contributed by atoms with Crippen molar-refractivity contribution < 1.29 is 19.2 Å². The number of hydroxylamine groups is 1. The molecule has 1 fully saturated rings. The van der Waals surface area contributed by atoms with Gasteiger partial charge in [0, 0.05) is 39.0 Å². The first kappa shape index (κ1) is 17.9. The Morgan fingerprint density at radius 2 is 1.90 bits per heavy atom. The number of ether oxygens (including phenoxy) is 1. The second kappa shape index (κ2) is 10.6. The molecule has 2 amide bonds. The molecule has 0 aromatic carbocycles. The van der Waals surface area contributed by atoms with Gasteiger partial charge in [-0.25, -0.2) is 10.3 Å². The van der Waals surface area contributed by atoms with Gasteiger partial charge in [-0.05, 0) is 25.7 Å². The summed E-state index contributed by atoms with van der Waals surface area (Å²) >= 11 is 0. The van der Waals surface area contributed by atoms with E-state index in [0.29, 0.717) is 6.61 Å². The molecule has 1 unspecified atom stereocenters. The average molecular weight is 300 g/mol. The highest BCUT2D eigenvalue weighted by atomic mass is 16.8. The first-order valence-electron chi connectivity index (χ1n) is 8.01. The van der Waals surface area contributed by atoms with Crippen molar-refractivity contribution >= 4 is 11.8 Å². The molecule has 1 heterocycles.